The Kier molecular flexibility index (Phi) is 8.28. The summed E-state index contributed by atoms with van der Waals surface area (Å²) in [5, 5.41) is 10.1. The number of aliphatic hydroxyl groups excluding tert-OH is 1. The van der Waals surface area contributed by atoms with Gasteiger partial charge < -0.3 is 19.6 Å². The number of rotatable bonds is 9. The zero-order valence-electron chi connectivity index (χ0n) is 17.2. The molecule has 2 rings (SSSR count). The Labute approximate surface area is 174 Å². The molecule has 1 saturated heterocycles. The quantitative estimate of drug-likeness (QED) is 0.610. The SMILES string of the molecule is CCOC(=O)C(F)(F)C(O)[C@@H]1CCCN1C(=O)CCC(=O)N(C)Cc1ccccc1. The fraction of sp³-hybridized carbons (Fsp3) is 0.571. The zero-order valence-corrected chi connectivity index (χ0v) is 17.2. The van der Waals surface area contributed by atoms with Gasteiger partial charge in [-0.2, -0.15) is 8.78 Å². The number of carbonyl (C=O) groups is 3. The van der Waals surface area contributed by atoms with E-state index in [4.69, 9.17) is 0 Å². The highest BCUT2D eigenvalue weighted by molar-refractivity contribution is 5.84. The minimum Gasteiger partial charge on any atom is -0.461 e. The van der Waals surface area contributed by atoms with E-state index in [1.807, 2.05) is 30.3 Å². The highest BCUT2D eigenvalue weighted by Crippen LogP contribution is 2.31. The molecule has 0 radical (unpaired) electrons. The standard InChI is InChI=1S/C21H28F2N2O5/c1-3-30-20(29)21(22,23)19(28)16-10-7-13-25(16)18(27)12-11-17(26)24(2)14-15-8-5-4-6-9-15/h4-6,8-9,16,19,28H,3,7,10-14H2,1-2H3/t16-,19?/m0/s1. The predicted octanol–water partition coefficient (Wildman–Crippen LogP) is 1.98. The van der Waals surface area contributed by atoms with Gasteiger partial charge in [-0.1, -0.05) is 30.3 Å². The first kappa shape index (κ1) is 23.7. The van der Waals surface area contributed by atoms with Crippen molar-refractivity contribution in [1.29, 1.82) is 0 Å². The van der Waals surface area contributed by atoms with Gasteiger partial charge in [-0.25, -0.2) is 4.79 Å². The number of halogens is 2. The van der Waals surface area contributed by atoms with E-state index in [2.05, 4.69) is 4.74 Å². The van der Waals surface area contributed by atoms with E-state index in [0.29, 0.717) is 13.0 Å². The molecular weight excluding hydrogens is 398 g/mol. The van der Waals surface area contributed by atoms with Crippen LogP contribution < -0.4 is 0 Å². The number of amides is 2. The maximum atomic E-state index is 14.2. The number of hydrogen-bond donors (Lipinski definition) is 1. The van der Waals surface area contributed by atoms with Crippen LogP contribution in [0, 0.1) is 0 Å². The van der Waals surface area contributed by atoms with Crippen LogP contribution in [0.3, 0.4) is 0 Å². The van der Waals surface area contributed by atoms with E-state index < -0.39 is 29.9 Å². The fourth-order valence-corrected chi connectivity index (χ4v) is 3.51. The molecule has 1 aliphatic rings. The average molecular weight is 426 g/mol. The number of carbonyl (C=O) groups excluding carboxylic acids is 3. The summed E-state index contributed by atoms with van der Waals surface area (Å²) < 4.78 is 32.7. The summed E-state index contributed by atoms with van der Waals surface area (Å²) in [5.74, 6) is -6.68. The molecule has 1 aromatic carbocycles. The van der Waals surface area contributed by atoms with Gasteiger partial charge in [-0.3, -0.25) is 9.59 Å². The Balaban J connectivity index is 1.92. The van der Waals surface area contributed by atoms with E-state index in [-0.39, 0.29) is 38.3 Å². The number of ether oxygens (including phenoxy) is 1. The number of esters is 1. The Morgan fingerprint density at radius 1 is 1.27 bits per heavy atom. The summed E-state index contributed by atoms with van der Waals surface area (Å²) in [6, 6.07) is 8.17. The van der Waals surface area contributed by atoms with Crippen molar-refractivity contribution in [2.45, 2.75) is 57.2 Å². The number of alkyl halides is 2. The van der Waals surface area contributed by atoms with E-state index >= 15 is 0 Å². The van der Waals surface area contributed by atoms with Crippen LogP contribution in [0.15, 0.2) is 30.3 Å². The van der Waals surface area contributed by atoms with Crippen molar-refractivity contribution in [2.24, 2.45) is 0 Å². The van der Waals surface area contributed by atoms with Crippen molar-refractivity contribution >= 4 is 17.8 Å². The third kappa shape index (κ3) is 5.75. The molecule has 1 heterocycles. The molecule has 1 aromatic rings. The molecule has 7 nitrogen and oxygen atoms in total. The van der Waals surface area contributed by atoms with Gasteiger partial charge in [-0.05, 0) is 25.3 Å². The molecule has 30 heavy (non-hydrogen) atoms. The van der Waals surface area contributed by atoms with E-state index in [0.717, 1.165) is 10.5 Å². The second-order valence-electron chi connectivity index (χ2n) is 7.32. The van der Waals surface area contributed by atoms with Crippen LogP contribution in [0.25, 0.3) is 0 Å². The van der Waals surface area contributed by atoms with Gasteiger partial charge in [0.05, 0.1) is 12.6 Å². The summed E-state index contributed by atoms with van der Waals surface area (Å²) >= 11 is 0. The van der Waals surface area contributed by atoms with E-state index in [1.54, 1.807) is 7.05 Å². The van der Waals surface area contributed by atoms with Gasteiger partial charge >= 0.3 is 11.9 Å². The van der Waals surface area contributed by atoms with E-state index in [1.165, 1.54) is 11.8 Å². The number of nitrogens with zero attached hydrogens (tertiary/aromatic N) is 2. The number of hydrogen-bond acceptors (Lipinski definition) is 5. The fourth-order valence-electron chi connectivity index (χ4n) is 3.51. The topological polar surface area (TPSA) is 87.1 Å². The van der Waals surface area contributed by atoms with Crippen molar-refractivity contribution in [3.8, 4) is 0 Å². The van der Waals surface area contributed by atoms with Crippen molar-refractivity contribution in [1.82, 2.24) is 9.80 Å². The van der Waals surface area contributed by atoms with Gasteiger partial charge in [0, 0.05) is 33.0 Å². The lowest BCUT2D eigenvalue weighted by atomic mass is 10.0. The Morgan fingerprint density at radius 2 is 1.93 bits per heavy atom. The zero-order chi connectivity index (χ0) is 22.3. The first-order valence-corrected chi connectivity index (χ1v) is 9.99. The van der Waals surface area contributed by atoms with Crippen LogP contribution in [0.2, 0.25) is 0 Å². The van der Waals surface area contributed by atoms with Crippen LogP contribution in [0.4, 0.5) is 8.78 Å². The molecule has 0 bridgehead atoms. The summed E-state index contributed by atoms with van der Waals surface area (Å²) in [4.78, 5) is 39.0. The molecule has 1 unspecified atom stereocenters. The average Bonchev–Trinajstić information content (AvgIpc) is 3.21. The smallest absolute Gasteiger partial charge is 0.379 e. The normalized spacial score (nSPS) is 17.5. The first-order chi connectivity index (χ1) is 14.2. The van der Waals surface area contributed by atoms with Gasteiger partial charge in [-0.15, -0.1) is 0 Å². The van der Waals surface area contributed by atoms with Crippen LogP contribution in [-0.4, -0.2) is 71.0 Å². The maximum Gasteiger partial charge on any atom is 0.379 e. The Morgan fingerprint density at radius 3 is 2.57 bits per heavy atom. The molecule has 0 aliphatic carbocycles. The molecule has 1 N–H and O–H groups in total. The number of likely N-dealkylation sites (tertiary alicyclic amines) is 1. The van der Waals surface area contributed by atoms with E-state index in [9.17, 15) is 28.3 Å². The van der Waals surface area contributed by atoms with Gasteiger partial charge in [0.2, 0.25) is 11.8 Å². The first-order valence-electron chi connectivity index (χ1n) is 9.99. The molecule has 166 valence electrons. The molecule has 0 saturated carbocycles. The van der Waals surface area contributed by atoms with Crippen molar-refractivity contribution in [3.05, 3.63) is 35.9 Å². The summed E-state index contributed by atoms with van der Waals surface area (Å²) in [6.45, 7) is 1.73. The van der Waals surface area contributed by atoms with Gasteiger partial charge in [0.1, 0.15) is 6.10 Å². The second kappa shape index (κ2) is 10.5. The largest absolute Gasteiger partial charge is 0.461 e. The summed E-state index contributed by atoms with van der Waals surface area (Å²) in [7, 11) is 1.63. The molecule has 0 spiro atoms. The lowest BCUT2D eigenvalue weighted by Crippen LogP contribution is -2.54. The third-order valence-corrected chi connectivity index (χ3v) is 5.14. The number of aliphatic hydroxyl groups is 1. The highest BCUT2D eigenvalue weighted by atomic mass is 19.3. The van der Waals surface area contributed by atoms with Crippen molar-refractivity contribution in [3.63, 3.8) is 0 Å². The molecule has 0 aromatic heterocycles. The molecular formula is C21H28F2N2O5. The van der Waals surface area contributed by atoms with Crippen molar-refractivity contribution in [2.75, 3.05) is 20.2 Å². The lowest BCUT2D eigenvalue weighted by Gasteiger charge is -2.32. The number of benzene rings is 1. The Hall–Kier alpha value is -2.55. The Bertz CT molecular complexity index is 744. The van der Waals surface area contributed by atoms with Crippen LogP contribution in [0.5, 0.6) is 0 Å². The third-order valence-electron chi connectivity index (χ3n) is 5.14. The predicted molar refractivity (Wildman–Crippen MR) is 104 cm³/mol. The molecule has 9 heteroatoms. The highest BCUT2D eigenvalue weighted by Gasteiger charge is 2.54. The van der Waals surface area contributed by atoms with Crippen LogP contribution in [-0.2, 0) is 25.7 Å². The summed E-state index contributed by atoms with van der Waals surface area (Å²) in [6.07, 6.45) is -2.03. The maximum absolute atomic E-state index is 14.2. The molecule has 2 amide bonds. The van der Waals surface area contributed by atoms with Gasteiger partial charge in [0.25, 0.3) is 0 Å². The second-order valence-corrected chi connectivity index (χ2v) is 7.32. The minimum atomic E-state index is -4.12. The van der Waals surface area contributed by atoms with Crippen LogP contribution in [0.1, 0.15) is 38.2 Å². The summed E-state index contributed by atoms with van der Waals surface area (Å²) in [5.41, 5.74) is 0.948. The monoisotopic (exact) mass is 426 g/mol. The lowest BCUT2D eigenvalue weighted by molar-refractivity contribution is -0.194. The van der Waals surface area contributed by atoms with Gasteiger partial charge in [0.15, 0.2) is 0 Å². The molecule has 1 aliphatic heterocycles. The van der Waals surface area contributed by atoms with Crippen molar-refractivity contribution < 1.29 is 33.0 Å². The molecule has 1 fully saturated rings. The van der Waals surface area contributed by atoms with Crippen LogP contribution >= 0.6 is 0 Å². The minimum absolute atomic E-state index is 0.0737. The molecule has 2 atom stereocenters.